The molecule has 1 amide bonds. The van der Waals surface area contributed by atoms with Gasteiger partial charge in [-0.25, -0.2) is 0 Å². The zero-order chi connectivity index (χ0) is 22.2. The molecule has 0 aliphatic carbocycles. The van der Waals surface area contributed by atoms with Crippen LogP contribution in [0.4, 0.5) is 5.69 Å². The first-order valence-electron chi connectivity index (χ1n) is 9.43. The van der Waals surface area contributed by atoms with Crippen LogP contribution in [0.3, 0.4) is 0 Å². The van der Waals surface area contributed by atoms with Gasteiger partial charge in [0.1, 0.15) is 0 Å². The maximum absolute atomic E-state index is 12.6. The van der Waals surface area contributed by atoms with Crippen LogP contribution in [0.25, 0.3) is 10.7 Å². The number of thiophene rings is 1. The maximum atomic E-state index is 12.6. The third kappa shape index (κ3) is 6.13. The molecule has 0 saturated carbocycles. The monoisotopic (exact) mass is 458 g/mol. The summed E-state index contributed by atoms with van der Waals surface area (Å²) >= 11 is 7.53. The second kappa shape index (κ2) is 10.7. The number of halogens is 1. The lowest BCUT2D eigenvalue weighted by Gasteiger charge is -2.22. The Balaban J connectivity index is 1.53. The number of hydrogen-bond acceptors (Lipinski definition) is 8. The van der Waals surface area contributed by atoms with Crippen LogP contribution >= 0.6 is 22.9 Å². The van der Waals surface area contributed by atoms with E-state index in [1.807, 2.05) is 30.5 Å². The number of aryl methyl sites for hydroxylation is 2. The van der Waals surface area contributed by atoms with E-state index in [2.05, 4.69) is 10.1 Å². The van der Waals surface area contributed by atoms with Gasteiger partial charge in [-0.2, -0.15) is 10.2 Å². The molecule has 0 spiro atoms. The molecule has 8 nitrogen and oxygen atoms in total. The van der Waals surface area contributed by atoms with Crippen LogP contribution in [-0.2, 0) is 20.7 Å². The minimum Gasteiger partial charge on any atom is -0.456 e. The summed E-state index contributed by atoms with van der Waals surface area (Å²) in [7, 11) is 0. The van der Waals surface area contributed by atoms with Crippen molar-refractivity contribution < 1.29 is 18.8 Å². The fraction of sp³-hybridized carbons (Fsp3) is 0.286. The summed E-state index contributed by atoms with van der Waals surface area (Å²) in [6, 6.07) is 10.9. The zero-order valence-electron chi connectivity index (χ0n) is 16.7. The number of benzene rings is 1. The van der Waals surface area contributed by atoms with Crippen LogP contribution in [0.5, 0.6) is 0 Å². The quantitative estimate of drug-likeness (QED) is 0.442. The Morgan fingerprint density at radius 3 is 2.90 bits per heavy atom. The molecule has 0 atom stereocenters. The van der Waals surface area contributed by atoms with E-state index in [4.69, 9.17) is 26.1 Å². The summed E-state index contributed by atoms with van der Waals surface area (Å²) < 4.78 is 10.3. The van der Waals surface area contributed by atoms with Gasteiger partial charge in [-0.1, -0.05) is 22.8 Å². The molecule has 2 aromatic heterocycles. The molecule has 31 heavy (non-hydrogen) atoms. The number of amides is 1. The summed E-state index contributed by atoms with van der Waals surface area (Å²) in [4.78, 5) is 31.2. The predicted octanol–water partition coefficient (Wildman–Crippen LogP) is 4.18. The van der Waals surface area contributed by atoms with Gasteiger partial charge in [0, 0.05) is 23.7 Å². The van der Waals surface area contributed by atoms with Gasteiger partial charge in [-0.3, -0.25) is 9.59 Å². The van der Waals surface area contributed by atoms with Gasteiger partial charge < -0.3 is 14.2 Å². The van der Waals surface area contributed by atoms with E-state index in [1.54, 1.807) is 18.2 Å². The van der Waals surface area contributed by atoms with Gasteiger partial charge in [-0.05, 0) is 42.1 Å². The third-order valence-corrected chi connectivity index (χ3v) is 5.60. The molecule has 0 N–H and O–H groups in total. The fourth-order valence-corrected chi connectivity index (χ4v) is 3.49. The molecule has 0 fully saturated rings. The molecule has 3 rings (SSSR count). The molecular formula is C21H19ClN4O4S. The van der Waals surface area contributed by atoms with Crippen molar-refractivity contribution in [2.75, 3.05) is 18.1 Å². The number of carbonyl (C=O) groups is 2. The van der Waals surface area contributed by atoms with Gasteiger partial charge in [0.2, 0.25) is 11.7 Å². The Kier molecular flexibility index (Phi) is 7.76. The third-order valence-electron chi connectivity index (χ3n) is 4.31. The van der Waals surface area contributed by atoms with Gasteiger partial charge in [0.25, 0.3) is 5.91 Å². The van der Waals surface area contributed by atoms with E-state index in [0.717, 1.165) is 10.4 Å². The zero-order valence-corrected chi connectivity index (χ0v) is 18.3. The van der Waals surface area contributed by atoms with E-state index < -0.39 is 18.5 Å². The number of esters is 1. The molecule has 10 heteroatoms. The second-order valence-electron chi connectivity index (χ2n) is 6.54. The molecule has 2 heterocycles. The van der Waals surface area contributed by atoms with Gasteiger partial charge in [-0.15, -0.1) is 11.3 Å². The molecule has 160 valence electrons. The summed E-state index contributed by atoms with van der Waals surface area (Å²) in [5.74, 6) is -0.196. The standard InChI is InChI=1S/C21H19ClN4O4S/c1-14-12-15(5-6-16(14)22)26(10-3-9-23)19(27)13-29-20(28)8-7-18-24-21(25-30-18)17-4-2-11-31-17/h2,4-6,11-12H,3,7-8,10,13H2,1H3. The van der Waals surface area contributed by atoms with Gasteiger partial charge >= 0.3 is 5.97 Å². The van der Waals surface area contributed by atoms with E-state index >= 15 is 0 Å². The van der Waals surface area contributed by atoms with Gasteiger partial charge in [0.15, 0.2) is 6.61 Å². The molecule has 0 unspecified atom stereocenters. The van der Waals surface area contributed by atoms with Crippen molar-refractivity contribution in [3.63, 3.8) is 0 Å². The highest BCUT2D eigenvalue weighted by Crippen LogP contribution is 2.23. The number of nitriles is 1. The molecule has 1 aromatic carbocycles. The Hall–Kier alpha value is -3.22. The highest BCUT2D eigenvalue weighted by Gasteiger charge is 2.19. The minimum atomic E-state index is -0.559. The lowest BCUT2D eigenvalue weighted by atomic mass is 10.2. The van der Waals surface area contributed by atoms with Crippen molar-refractivity contribution in [3.8, 4) is 16.8 Å². The Bertz CT molecular complexity index is 1090. The summed E-state index contributed by atoms with van der Waals surface area (Å²) in [6.45, 7) is 1.57. The number of carbonyl (C=O) groups excluding carboxylic acids is 2. The number of ether oxygens (including phenoxy) is 1. The second-order valence-corrected chi connectivity index (χ2v) is 7.89. The molecule has 0 aliphatic rings. The summed E-state index contributed by atoms with van der Waals surface area (Å²) in [5, 5.41) is 15.3. The van der Waals surface area contributed by atoms with Crippen molar-refractivity contribution in [1.82, 2.24) is 10.1 Å². The number of rotatable bonds is 9. The fourth-order valence-electron chi connectivity index (χ4n) is 2.72. The van der Waals surface area contributed by atoms with Crippen LogP contribution in [0.2, 0.25) is 5.02 Å². The molecule has 0 saturated heterocycles. The SMILES string of the molecule is Cc1cc(N(CCC#N)C(=O)COC(=O)CCc2nc(-c3cccs3)no2)ccc1Cl. The van der Waals surface area contributed by atoms with Crippen LogP contribution in [0.15, 0.2) is 40.2 Å². The predicted molar refractivity (Wildman–Crippen MR) is 116 cm³/mol. The topological polar surface area (TPSA) is 109 Å². The van der Waals surface area contributed by atoms with Crippen molar-refractivity contribution >= 4 is 40.5 Å². The molecular weight excluding hydrogens is 440 g/mol. The van der Waals surface area contributed by atoms with E-state index in [1.165, 1.54) is 16.2 Å². The van der Waals surface area contributed by atoms with Crippen LogP contribution < -0.4 is 4.90 Å². The molecule has 3 aromatic rings. The lowest BCUT2D eigenvalue weighted by molar-refractivity contribution is -0.147. The maximum Gasteiger partial charge on any atom is 0.306 e. The van der Waals surface area contributed by atoms with Crippen molar-refractivity contribution in [1.29, 1.82) is 5.26 Å². The first-order chi connectivity index (χ1) is 15.0. The normalized spacial score (nSPS) is 10.5. The van der Waals surface area contributed by atoms with Crippen LogP contribution in [0, 0.1) is 18.3 Å². The number of anilines is 1. The van der Waals surface area contributed by atoms with E-state index in [0.29, 0.717) is 22.4 Å². The summed E-state index contributed by atoms with van der Waals surface area (Å²) in [5.41, 5.74) is 1.39. The minimum absolute atomic E-state index is 0.00238. The Labute approximate surface area is 188 Å². The highest BCUT2D eigenvalue weighted by atomic mass is 35.5. The molecule has 0 aliphatic heterocycles. The molecule has 0 radical (unpaired) electrons. The molecule has 0 bridgehead atoms. The van der Waals surface area contributed by atoms with Crippen LogP contribution in [-0.4, -0.2) is 35.2 Å². The van der Waals surface area contributed by atoms with Gasteiger partial charge in [0.05, 0.1) is 23.8 Å². The highest BCUT2D eigenvalue weighted by molar-refractivity contribution is 7.13. The Morgan fingerprint density at radius 2 is 2.19 bits per heavy atom. The largest absolute Gasteiger partial charge is 0.456 e. The smallest absolute Gasteiger partial charge is 0.306 e. The average Bonchev–Trinajstić information content (AvgIpc) is 3.45. The summed E-state index contributed by atoms with van der Waals surface area (Å²) in [6.07, 6.45) is 0.350. The van der Waals surface area contributed by atoms with Crippen LogP contribution in [0.1, 0.15) is 24.3 Å². The number of nitrogens with zero attached hydrogens (tertiary/aromatic N) is 4. The number of aromatic nitrogens is 2. The first kappa shape index (κ1) is 22.5. The van der Waals surface area contributed by atoms with Crippen molar-refractivity contribution in [2.24, 2.45) is 0 Å². The average molecular weight is 459 g/mol. The van der Waals surface area contributed by atoms with E-state index in [9.17, 15) is 9.59 Å². The first-order valence-corrected chi connectivity index (χ1v) is 10.7. The van der Waals surface area contributed by atoms with Crippen molar-refractivity contribution in [3.05, 3.63) is 52.2 Å². The lowest BCUT2D eigenvalue weighted by Crippen LogP contribution is -2.35. The Morgan fingerprint density at radius 1 is 1.35 bits per heavy atom. The van der Waals surface area contributed by atoms with E-state index in [-0.39, 0.29) is 25.8 Å². The van der Waals surface area contributed by atoms with Crippen molar-refractivity contribution in [2.45, 2.75) is 26.2 Å². The number of hydrogen-bond donors (Lipinski definition) is 0.